The van der Waals surface area contributed by atoms with Gasteiger partial charge in [0, 0.05) is 12.6 Å². The normalized spacial score (nSPS) is 23.8. The van der Waals surface area contributed by atoms with Crippen LogP contribution in [0, 0.1) is 17.6 Å². The van der Waals surface area contributed by atoms with E-state index in [0.29, 0.717) is 25.0 Å². The minimum atomic E-state index is -0.788. The van der Waals surface area contributed by atoms with Gasteiger partial charge >= 0.3 is 0 Å². The van der Waals surface area contributed by atoms with E-state index in [1.54, 1.807) is 6.07 Å². The predicted molar refractivity (Wildman–Crippen MR) is 72.6 cm³/mol. The highest BCUT2D eigenvalue weighted by Gasteiger charge is 2.27. The maximum Gasteiger partial charge on any atom is 0.159 e. The third-order valence-corrected chi connectivity index (χ3v) is 4.15. The van der Waals surface area contributed by atoms with Gasteiger partial charge in [-0.15, -0.1) is 0 Å². The Kier molecular flexibility index (Phi) is 4.88. The fourth-order valence-corrected chi connectivity index (χ4v) is 3.09. The lowest BCUT2D eigenvalue weighted by molar-refractivity contribution is 0.127. The van der Waals surface area contributed by atoms with Crippen LogP contribution in [0.4, 0.5) is 8.78 Å². The summed E-state index contributed by atoms with van der Waals surface area (Å²) < 4.78 is 26.1. The van der Waals surface area contributed by atoms with Crippen molar-refractivity contribution < 1.29 is 8.78 Å². The van der Waals surface area contributed by atoms with E-state index in [-0.39, 0.29) is 0 Å². The van der Waals surface area contributed by atoms with Gasteiger partial charge in [-0.2, -0.15) is 0 Å². The number of hydrogen-bond acceptors (Lipinski definition) is 2. The topological polar surface area (TPSA) is 29.3 Å². The Hall–Kier alpha value is -1.00. The van der Waals surface area contributed by atoms with Crippen LogP contribution in [-0.4, -0.2) is 24.5 Å². The van der Waals surface area contributed by atoms with Crippen molar-refractivity contribution in [1.29, 1.82) is 0 Å². The maximum absolute atomic E-state index is 13.2. The first-order valence-corrected chi connectivity index (χ1v) is 6.96. The van der Waals surface area contributed by atoms with Crippen LogP contribution in [-0.2, 0) is 6.54 Å². The molecular formula is C15H22F2N2. The summed E-state index contributed by atoms with van der Waals surface area (Å²) in [6.45, 7) is 1.34. The van der Waals surface area contributed by atoms with Crippen molar-refractivity contribution in [2.75, 3.05) is 13.6 Å². The standard InChI is InChI=1S/C15H22F2N2/c1-19(15-5-3-2-4-12(15)9-18)10-11-6-7-13(16)14(17)8-11/h6-8,12,15H,2-5,9-10,18H2,1H3. The molecule has 2 N–H and O–H groups in total. The average Bonchev–Trinajstić information content (AvgIpc) is 2.43. The molecule has 0 aromatic heterocycles. The summed E-state index contributed by atoms with van der Waals surface area (Å²) in [6.07, 6.45) is 4.78. The minimum absolute atomic E-state index is 0.451. The first kappa shape index (κ1) is 14.4. The Bertz CT molecular complexity index is 423. The summed E-state index contributed by atoms with van der Waals surface area (Å²) in [4.78, 5) is 2.23. The van der Waals surface area contributed by atoms with Gasteiger partial charge < -0.3 is 5.73 Å². The number of nitrogens with two attached hydrogens (primary N) is 1. The lowest BCUT2D eigenvalue weighted by Crippen LogP contribution is -2.42. The summed E-state index contributed by atoms with van der Waals surface area (Å²) >= 11 is 0. The molecule has 0 heterocycles. The number of rotatable bonds is 4. The molecule has 0 radical (unpaired) electrons. The second-order valence-electron chi connectivity index (χ2n) is 5.51. The van der Waals surface area contributed by atoms with Crippen LogP contribution in [0.1, 0.15) is 31.2 Å². The van der Waals surface area contributed by atoms with Crippen LogP contribution in [0.5, 0.6) is 0 Å². The predicted octanol–water partition coefficient (Wildman–Crippen LogP) is 2.91. The molecule has 1 aromatic carbocycles. The average molecular weight is 268 g/mol. The fraction of sp³-hybridized carbons (Fsp3) is 0.600. The van der Waals surface area contributed by atoms with Gasteiger partial charge in [0.05, 0.1) is 0 Å². The number of benzene rings is 1. The summed E-state index contributed by atoms with van der Waals surface area (Å²) in [7, 11) is 2.04. The van der Waals surface area contributed by atoms with Gasteiger partial charge in [0.25, 0.3) is 0 Å². The molecular weight excluding hydrogens is 246 g/mol. The van der Waals surface area contributed by atoms with E-state index in [9.17, 15) is 8.78 Å². The van der Waals surface area contributed by atoms with Crippen molar-refractivity contribution in [1.82, 2.24) is 4.90 Å². The zero-order valence-corrected chi connectivity index (χ0v) is 11.4. The first-order valence-electron chi connectivity index (χ1n) is 6.96. The van der Waals surface area contributed by atoms with Gasteiger partial charge in [-0.05, 0) is 50.0 Å². The molecule has 19 heavy (non-hydrogen) atoms. The monoisotopic (exact) mass is 268 g/mol. The van der Waals surface area contributed by atoms with E-state index < -0.39 is 11.6 Å². The molecule has 0 saturated heterocycles. The SMILES string of the molecule is CN(Cc1ccc(F)c(F)c1)C1CCCCC1CN. The largest absolute Gasteiger partial charge is 0.330 e. The second-order valence-corrected chi connectivity index (χ2v) is 5.51. The maximum atomic E-state index is 13.2. The molecule has 2 unspecified atom stereocenters. The lowest BCUT2D eigenvalue weighted by atomic mass is 9.83. The highest BCUT2D eigenvalue weighted by molar-refractivity contribution is 5.17. The van der Waals surface area contributed by atoms with E-state index in [1.807, 2.05) is 7.05 Å². The third kappa shape index (κ3) is 3.51. The molecule has 106 valence electrons. The van der Waals surface area contributed by atoms with Crippen LogP contribution in [0.3, 0.4) is 0 Å². The van der Waals surface area contributed by atoms with Crippen LogP contribution in [0.2, 0.25) is 0 Å². The van der Waals surface area contributed by atoms with Gasteiger partial charge in [-0.25, -0.2) is 8.78 Å². The van der Waals surface area contributed by atoms with E-state index in [0.717, 1.165) is 12.0 Å². The van der Waals surface area contributed by atoms with E-state index in [4.69, 9.17) is 5.73 Å². The molecule has 0 aliphatic heterocycles. The van der Waals surface area contributed by atoms with Crippen LogP contribution >= 0.6 is 0 Å². The molecule has 1 aliphatic carbocycles. The minimum Gasteiger partial charge on any atom is -0.330 e. The Morgan fingerprint density at radius 2 is 1.95 bits per heavy atom. The van der Waals surface area contributed by atoms with Crippen molar-refractivity contribution in [3.05, 3.63) is 35.4 Å². The van der Waals surface area contributed by atoms with Crippen LogP contribution in [0.25, 0.3) is 0 Å². The van der Waals surface area contributed by atoms with Gasteiger partial charge in [0.2, 0.25) is 0 Å². The third-order valence-electron chi connectivity index (χ3n) is 4.15. The molecule has 4 heteroatoms. The zero-order valence-electron chi connectivity index (χ0n) is 11.4. The lowest BCUT2D eigenvalue weighted by Gasteiger charge is -2.37. The number of halogens is 2. The van der Waals surface area contributed by atoms with E-state index in [2.05, 4.69) is 4.90 Å². The summed E-state index contributed by atoms with van der Waals surface area (Å²) in [5.41, 5.74) is 6.64. The quantitative estimate of drug-likeness (QED) is 0.909. The number of hydrogen-bond donors (Lipinski definition) is 1. The molecule has 0 bridgehead atoms. The van der Waals surface area contributed by atoms with Crippen molar-refractivity contribution >= 4 is 0 Å². The molecule has 1 saturated carbocycles. The van der Waals surface area contributed by atoms with E-state index in [1.165, 1.54) is 31.4 Å². The number of nitrogens with zero attached hydrogens (tertiary/aromatic N) is 1. The molecule has 0 amide bonds. The van der Waals surface area contributed by atoms with E-state index >= 15 is 0 Å². The molecule has 1 aromatic rings. The molecule has 0 spiro atoms. The summed E-state index contributed by atoms with van der Waals surface area (Å²) in [5, 5.41) is 0. The molecule has 2 nitrogen and oxygen atoms in total. The summed E-state index contributed by atoms with van der Waals surface area (Å²) in [5.74, 6) is -1.04. The molecule has 2 rings (SSSR count). The Labute approximate surface area is 113 Å². The Balaban J connectivity index is 2.02. The molecule has 1 fully saturated rings. The van der Waals surface area contributed by atoms with Gasteiger partial charge in [-0.1, -0.05) is 18.9 Å². The molecule has 2 atom stereocenters. The van der Waals surface area contributed by atoms with Crippen LogP contribution in [0.15, 0.2) is 18.2 Å². The van der Waals surface area contributed by atoms with Crippen molar-refractivity contribution in [2.45, 2.75) is 38.3 Å². The highest BCUT2D eigenvalue weighted by Crippen LogP contribution is 2.28. The Morgan fingerprint density at radius 1 is 1.21 bits per heavy atom. The van der Waals surface area contributed by atoms with Gasteiger partial charge in [0.1, 0.15) is 0 Å². The van der Waals surface area contributed by atoms with Gasteiger partial charge in [0.15, 0.2) is 11.6 Å². The summed E-state index contributed by atoms with van der Waals surface area (Å²) in [6, 6.07) is 4.58. The second kappa shape index (κ2) is 6.44. The fourth-order valence-electron chi connectivity index (χ4n) is 3.09. The highest BCUT2D eigenvalue weighted by atomic mass is 19.2. The first-order chi connectivity index (χ1) is 9.11. The van der Waals surface area contributed by atoms with Crippen molar-refractivity contribution in [3.8, 4) is 0 Å². The Morgan fingerprint density at radius 3 is 2.63 bits per heavy atom. The van der Waals surface area contributed by atoms with Crippen molar-refractivity contribution in [2.24, 2.45) is 11.7 Å². The van der Waals surface area contributed by atoms with Crippen LogP contribution < -0.4 is 5.73 Å². The zero-order chi connectivity index (χ0) is 13.8. The molecule has 1 aliphatic rings. The van der Waals surface area contributed by atoms with Crippen molar-refractivity contribution in [3.63, 3.8) is 0 Å². The smallest absolute Gasteiger partial charge is 0.159 e. The van der Waals surface area contributed by atoms with Gasteiger partial charge in [-0.3, -0.25) is 4.90 Å².